The van der Waals surface area contributed by atoms with Crippen LogP contribution >= 0.6 is 11.8 Å². The molecule has 0 radical (unpaired) electrons. The minimum absolute atomic E-state index is 0.0352. The van der Waals surface area contributed by atoms with Gasteiger partial charge in [0.25, 0.3) is 11.1 Å². The summed E-state index contributed by atoms with van der Waals surface area (Å²) < 4.78 is 0. The van der Waals surface area contributed by atoms with Gasteiger partial charge in [-0.2, -0.15) is 0 Å². The summed E-state index contributed by atoms with van der Waals surface area (Å²) in [6.45, 7) is 1.11. The maximum atomic E-state index is 12.8. The van der Waals surface area contributed by atoms with Gasteiger partial charge in [-0.05, 0) is 66.8 Å². The lowest BCUT2D eigenvalue weighted by Crippen LogP contribution is -2.44. The Morgan fingerprint density at radius 2 is 1.74 bits per heavy atom. The second-order valence-corrected chi connectivity index (χ2v) is 8.76. The number of hydrogen-bond acceptors (Lipinski definition) is 5. The Kier molecular flexibility index (Phi) is 6.42. The van der Waals surface area contributed by atoms with Crippen LogP contribution in [0.3, 0.4) is 0 Å². The molecule has 0 saturated carbocycles. The smallest absolute Gasteiger partial charge is 0.294 e. The highest BCUT2D eigenvalue weighted by Gasteiger charge is 2.37. The number of imide groups is 1. The molecule has 6 nitrogen and oxygen atoms in total. The van der Waals surface area contributed by atoms with Crippen LogP contribution in [0.2, 0.25) is 0 Å². The number of carbonyl (C=O) groups is 3. The van der Waals surface area contributed by atoms with Crippen molar-refractivity contribution in [3.05, 3.63) is 70.1 Å². The van der Waals surface area contributed by atoms with Crippen LogP contribution in [0.1, 0.15) is 36.0 Å². The number of nitrogens with zero attached hydrogens (tertiary/aromatic N) is 2. The first-order chi connectivity index (χ1) is 15.0. The number of aromatic hydroxyl groups is 1. The zero-order valence-electron chi connectivity index (χ0n) is 17.1. The fraction of sp³-hybridized carbons (Fsp3) is 0.292. The molecular weight excluding hydrogens is 412 g/mol. The Labute approximate surface area is 185 Å². The van der Waals surface area contributed by atoms with Crippen molar-refractivity contribution in [1.82, 2.24) is 9.80 Å². The van der Waals surface area contributed by atoms with Crippen molar-refractivity contribution >= 4 is 34.9 Å². The Balaban J connectivity index is 1.49. The van der Waals surface area contributed by atoms with E-state index in [0.29, 0.717) is 25.1 Å². The van der Waals surface area contributed by atoms with Crippen LogP contribution in [0, 0.1) is 0 Å². The van der Waals surface area contributed by atoms with E-state index in [0.717, 1.165) is 47.1 Å². The van der Waals surface area contributed by atoms with Crippen molar-refractivity contribution in [3.8, 4) is 5.75 Å². The van der Waals surface area contributed by atoms with Gasteiger partial charge in [0.2, 0.25) is 5.91 Å². The number of benzene rings is 2. The summed E-state index contributed by atoms with van der Waals surface area (Å²) in [6.07, 6.45) is 5.22. The first-order valence-corrected chi connectivity index (χ1v) is 11.2. The second-order valence-electron chi connectivity index (χ2n) is 7.76. The molecule has 2 heterocycles. The van der Waals surface area contributed by atoms with Gasteiger partial charge in [0.05, 0.1) is 4.91 Å². The summed E-state index contributed by atoms with van der Waals surface area (Å²) in [4.78, 5) is 40.6. The van der Waals surface area contributed by atoms with E-state index in [1.165, 1.54) is 6.08 Å². The number of carbonyl (C=O) groups excluding carboxylic acids is 3. The van der Waals surface area contributed by atoms with Crippen LogP contribution in [0.5, 0.6) is 5.75 Å². The van der Waals surface area contributed by atoms with E-state index in [4.69, 9.17) is 0 Å². The Morgan fingerprint density at radius 1 is 1.00 bits per heavy atom. The molecule has 31 heavy (non-hydrogen) atoms. The number of piperidine rings is 1. The standard InChI is InChI=1S/C24H24N2O4S/c27-20-10-9-18(13-17-7-3-1-4-8-17)14-19(20)15-21-23(29)26(24(30)31-21)16-22(28)25-11-5-2-6-12-25/h1,3-4,7-10,14-15,27H,2,5-6,11-13,16H2/b21-15-. The Hall–Kier alpha value is -3.06. The molecule has 3 amide bonds. The van der Waals surface area contributed by atoms with Crippen molar-refractivity contribution in [3.63, 3.8) is 0 Å². The number of phenolic OH excluding ortho intramolecular Hbond substituents is 1. The van der Waals surface area contributed by atoms with Crippen LogP contribution in [0.25, 0.3) is 6.08 Å². The molecule has 1 N–H and O–H groups in total. The van der Waals surface area contributed by atoms with Gasteiger partial charge >= 0.3 is 0 Å². The fourth-order valence-corrected chi connectivity index (χ4v) is 4.65. The van der Waals surface area contributed by atoms with E-state index in [1.54, 1.807) is 11.0 Å². The lowest BCUT2D eigenvalue weighted by Gasteiger charge is -2.27. The molecule has 2 aromatic carbocycles. The molecule has 0 unspecified atom stereocenters. The second kappa shape index (κ2) is 9.39. The molecule has 2 aliphatic rings. The van der Waals surface area contributed by atoms with Gasteiger partial charge in [0.15, 0.2) is 0 Å². The fourth-order valence-electron chi connectivity index (χ4n) is 3.82. The summed E-state index contributed by atoms with van der Waals surface area (Å²) in [6, 6.07) is 15.2. The normalized spacial score (nSPS) is 18.1. The Bertz CT molecular complexity index is 1030. The van der Waals surface area contributed by atoms with Gasteiger partial charge in [0.1, 0.15) is 12.3 Å². The summed E-state index contributed by atoms with van der Waals surface area (Å²) in [5.74, 6) is -0.655. The van der Waals surface area contributed by atoms with Crippen molar-refractivity contribution in [2.45, 2.75) is 25.7 Å². The monoisotopic (exact) mass is 436 g/mol. The molecule has 0 spiro atoms. The third kappa shape index (κ3) is 4.99. The minimum atomic E-state index is -0.492. The van der Waals surface area contributed by atoms with Crippen molar-refractivity contribution < 1.29 is 19.5 Å². The number of phenols is 1. The van der Waals surface area contributed by atoms with E-state index < -0.39 is 11.1 Å². The van der Waals surface area contributed by atoms with Crippen molar-refractivity contribution in [2.75, 3.05) is 19.6 Å². The van der Waals surface area contributed by atoms with Gasteiger partial charge in [-0.25, -0.2) is 0 Å². The molecule has 0 atom stereocenters. The van der Waals surface area contributed by atoms with Crippen LogP contribution in [0.4, 0.5) is 4.79 Å². The van der Waals surface area contributed by atoms with Gasteiger partial charge < -0.3 is 10.0 Å². The van der Waals surface area contributed by atoms with Crippen LogP contribution in [-0.2, 0) is 16.0 Å². The largest absolute Gasteiger partial charge is 0.507 e. The third-order valence-electron chi connectivity index (χ3n) is 5.51. The first kappa shape index (κ1) is 21.2. The molecule has 4 rings (SSSR count). The van der Waals surface area contributed by atoms with Crippen LogP contribution in [0.15, 0.2) is 53.4 Å². The molecular formula is C24H24N2O4S. The van der Waals surface area contributed by atoms with Gasteiger partial charge in [0, 0.05) is 18.7 Å². The van der Waals surface area contributed by atoms with Crippen LogP contribution < -0.4 is 0 Å². The summed E-state index contributed by atoms with van der Waals surface area (Å²) >= 11 is 0.801. The zero-order chi connectivity index (χ0) is 21.8. The molecule has 2 aliphatic heterocycles. The van der Waals surface area contributed by atoms with E-state index in [9.17, 15) is 19.5 Å². The molecule has 2 aromatic rings. The first-order valence-electron chi connectivity index (χ1n) is 10.4. The number of thioether (sulfide) groups is 1. The number of likely N-dealkylation sites (tertiary alicyclic amines) is 1. The quantitative estimate of drug-likeness (QED) is 0.716. The van der Waals surface area contributed by atoms with Gasteiger partial charge in [-0.15, -0.1) is 0 Å². The topological polar surface area (TPSA) is 77.9 Å². The lowest BCUT2D eigenvalue weighted by atomic mass is 10.0. The molecule has 0 bridgehead atoms. The minimum Gasteiger partial charge on any atom is -0.507 e. The number of rotatable bonds is 5. The average Bonchev–Trinajstić information content (AvgIpc) is 3.04. The predicted molar refractivity (Wildman–Crippen MR) is 120 cm³/mol. The van der Waals surface area contributed by atoms with E-state index in [2.05, 4.69) is 0 Å². The van der Waals surface area contributed by atoms with Gasteiger partial charge in [-0.1, -0.05) is 36.4 Å². The van der Waals surface area contributed by atoms with E-state index >= 15 is 0 Å². The van der Waals surface area contributed by atoms with Crippen molar-refractivity contribution in [1.29, 1.82) is 0 Å². The Morgan fingerprint density at radius 3 is 2.48 bits per heavy atom. The molecule has 2 fully saturated rings. The highest BCUT2D eigenvalue weighted by molar-refractivity contribution is 8.18. The highest BCUT2D eigenvalue weighted by atomic mass is 32.2. The molecule has 0 aromatic heterocycles. The zero-order valence-corrected chi connectivity index (χ0v) is 17.9. The maximum Gasteiger partial charge on any atom is 0.294 e. The van der Waals surface area contributed by atoms with E-state index in [1.807, 2.05) is 42.5 Å². The van der Waals surface area contributed by atoms with E-state index in [-0.39, 0.29) is 23.1 Å². The lowest BCUT2D eigenvalue weighted by molar-refractivity contribution is -0.136. The predicted octanol–water partition coefficient (Wildman–Crippen LogP) is 4.03. The molecule has 2 saturated heterocycles. The van der Waals surface area contributed by atoms with Gasteiger partial charge in [-0.3, -0.25) is 19.3 Å². The number of hydrogen-bond donors (Lipinski definition) is 1. The third-order valence-corrected chi connectivity index (χ3v) is 6.41. The molecule has 0 aliphatic carbocycles. The van der Waals surface area contributed by atoms with Crippen LogP contribution in [-0.4, -0.2) is 51.6 Å². The summed E-state index contributed by atoms with van der Waals surface area (Å²) in [5.41, 5.74) is 2.59. The SMILES string of the molecule is O=C(CN1C(=O)S/C(=C\c2cc(Cc3ccccc3)ccc2O)C1=O)N1CCCCC1. The highest BCUT2D eigenvalue weighted by Crippen LogP contribution is 2.34. The summed E-state index contributed by atoms with van der Waals surface area (Å²) in [5, 5.41) is 9.81. The molecule has 7 heteroatoms. The number of amides is 3. The maximum absolute atomic E-state index is 12.8. The van der Waals surface area contributed by atoms with Crippen molar-refractivity contribution in [2.24, 2.45) is 0 Å². The average molecular weight is 437 g/mol. The molecule has 160 valence electrons. The summed E-state index contributed by atoms with van der Waals surface area (Å²) in [7, 11) is 0.